The molecule has 0 fully saturated rings. The van der Waals surface area contributed by atoms with Crippen LogP contribution in [0.5, 0.6) is 0 Å². The third-order valence-corrected chi connectivity index (χ3v) is 6.91. The molecular formula is C31H30NO2+. The molecule has 0 unspecified atom stereocenters. The minimum atomic E-state index is 0.221. The first-order valence-corrected chi connectivity index (χ1v) is 12.0. The maximum Gasteiger partial charge on any atom is 0.216 e. The summed E-state index contributed by atoms with van der Waals surface area (Å²) in [5.41, 5.74) is 10.1. The Labute approximate surface area is 199 Å². The average Bonchev–Trinajstić information content (AvgIpc) is 3.31. The van der Waals surface area contributed by atoms with Crippen LogP contribution in [0.15, 0.2) is 69.6 Å². The second kappa shape index (κ2) is 7.20. The zero-order valence-electron chi connectivity index (χ0n) is 20.7. The van der Waals surface area contributed by atoms with Gasteiger partial charge in [0.1, 0.15) is 29.4 Å². The van der Waals surface area contributed by atoms with Crippen LogP contribution in [0.25, 0.3) is 55.1 Å². The Morgan fingerprint density at radius 2 is 1.44 bits per heavy atom. The van der Waals surface area contributed by atoms with Crippen LogP contribution in [0, 0.1) is 19.3 Å². The third kappa shape index (κ3) is 3.22. The van der Waals surface area contributed by atoms with Crippen LogP contribution < -0.4 is 4.57 Å². The summed E-state index contributed by atoms with van der Waals surface area (Å²) in [6.45, 7) is 11.3. The van der Waals surface area contributed by atoms with E-state index in [1.54, 1.807) is 0 Å². The van der Waals surface area contributed by atoms with Crippen molar-refractivity contribution < 1.29 is 13.4 Å². The van der Waals surface area contributed by atoms with Crippen molar-refractivity contribution in [3.63, 3.8) is 0 Å². The summed E-state index contributed by atoms with van der Waals surface area (Å²) in [6, 6.07) is 19.2. The van der Waals surface area contributed by atoms with E-state index in [1.807, 2.05) is 18.2 Å². The molecule has 3 heterocycles. The van der Waals surface area contributed by atoms with Gasteiger partial charge in [0.25, 0.3) is 0 Å². The first-order valence-electron chi connectivity index (χ1n) is 12.0. The smallest absolute Gasteiger partial charge is 0.216 e. The summed E-state index contributed by atoms with van der Waals surface area (Å²) in [7, 11) is 2.13. The van der Waals surface area contributed by atoms with Gasteiger partial charge in [0.05, 0.1) is 5.56 Å². The molecule has 3 heteroatoms. The molecule has 0 aliphatic heterocycles. The number of hydrogen-bond donors (Lipinski definition) is 0. The van der Waals surface area contributed by atoms with Gasteiger partial charge in [0.2, 0.25) is 5.69 Å². The lowest BCUT2D eigenvalue weighted by molar-refractivity contribution is -0.660. The molecular weight excluding hydrogens is 418 g/mol. The summed E-state index contributed by atoms with van der Waals surface area (Å²) in [6.07, 6.45) is 3.28. The highest BCUT2D eigenvalue weighted by atomic mass is 16.3. The quantitative estimate of drug-likeness (QED) is 0.250. The molecule has 0 spiro atoms. The predicted molar refractivity (Wildman–Crippen MR) is 140 cm³/mol. The van der Waals surface area contributed by atoms with Crippen molar-refractivity contribution in [1.82, 2.24) is 0 Å². The van der Waals surface area contributed by atoms with Gasteiger partial charge in [-0.1, -0.05) is 51.1 Å². The zero-order chi connectivity index (χ0) is 23.8. The Balaban J connectivity index is 1.64. The fourth-order valence-corrected chi connectivity index (χ4v) is 5.31. The van der Waals surface area contributed by atoms with Crippen LogP contribution in [0.3, 0.4) is 0 Å². The highest BCUT2D eigenvalue weighted by Gasteiger charge is 2.24. The second-order valence-corrected chi connectivity index (χ2v) is 10.9. The maximum absolute atomic E-state index is 6.62. The lowest BCUT2D eigenvalue weighted by Crippen LogP contribution is -2.32. The first kappa shape index (κ1) is 21.0. The fourth-order valence-electron chi connectivity index (χ4n) is 5.31. The number of para-hydroxylation sites is 1. The molecule has 3 aromatic heterocycles. The van der Waals surface area contributed by atoms with Crippen LogP contribution in [0.2, 0.25) is 0 Å². The zero-order valence-corrected chi connectivity index (χ0v) is 20.7. The molecule has 0 atom stereocenters. The van der Waals surface area contributed by atoms with Gasteiger partial charge in [-0.3, -0.25) is 0 Å². The summed E-state index contributed by atoms with van der Waals surface area (Å²) >= 11 is 0. The molecule has 0 saturated heterocycles. The van der Waals surface area contributed by atoms with Crippen molar-refractivity contribution in [2.75, 3.05) is 0 Å². The van der Waals surface area contributed by atoms with E-state index in [-0.39, 0.29) is 5.41 Å². The summed E-state index contributed by atoms with van der Waals surface area (Å²) in [4.78, 5) is 0. The van der Waals surface area contributed by atoms with E-state index >= 15 is 0 Å². The molecule has 34 heavy (non-hydrogen) atoms. The molecule has 0 bridgehead atoms. The van der Waals surface area contributed by atoms with Crippen molar-refractivity contribution in [1.29, 1.82) is 0 Å². The highest BCUT2D eigenvalue weighted by Crippen LogP contribution is 2.40. The SMILES string of the molecule is Cc1c[n+](C)c(-c2c(C)ccc3c2oc2cc4c(cc23)oc2ccccc24)cc1CC(C)(C)C. The molecule has 0 aliphatic rings. The van der Waals surface area contributed by atoms with E-state index in [0.29, 0.717) is 0 Å². The van der Waals surface area contributed by atoms with Gasteiger partial charge >= 0.3 is 0 Å². The number of benzene rings is 3. The minimum absolute atomic E-state index is 0.221. The number of nitrogens with zero attached hydrogens (tertiary/aromatic N) is 1. The molecule has 0 N–H and O–H groups in total. The van der Waals surface area contributed by atoms with Crippen LogP contribution >= 0.6 is 0 Å². The van der Waals surface area contributed by atoms with Crippen molar-refractivity contribution >= 4 is 43.9 Å². The van der Waals surface area contributed by atoms with Crippen molar-refractivity contribution in [3.8, 4) is 11.3 Å². The van der Waals surface area contributed by atoms with Crippen LogP contribution in [0.1, 0.15) is 37.5 Å². The van der Waals surface area contributed by atoms with Crippen molar-refractivity contribution in [2.24, 2.45) is 12.5 Å². The summed E-state index contributed by atoms with van der Waals surface area (Å²) in [5, 5.41) is 4.42. The Bertz CT molecular complexity index is 1740. The lowest BCUT2D eigenvalue weighted by atomic mass is 9.86. The van der Waals surface area contributed by atoms with E-state index in [1.165, 1.54) is 22.4 Å². The van der Waals surface area contributed by atoms with Gasteiger partial charge in [-0.25, -0.2) is 4.57 Å². The predicted octanol–water partition coefficient (Wildman–Crippen LogP) is 8.18. The van der Waals surface area contributed by atoms with Gasteiger partial charge in [-0.2, -0.15) is 0 Å². The molecule has 0 aliphatic carbocycles. The number of hydrogen-bond acceptors (Lipinski definition) is 2. The topological polar surface area (TPSA) is 30.2 Å². The Morgan fingerprint density at radius 3 is 2.21 bits per heavy atom. The first-order chi connectivity index (χ1) is 16.2. The number of rotatable bonds is 2. The van der Waals surface area contributed by atoms with Gasteiger partial charge in [-0.15, -0.1) is 0 Å². The van der Waals surface area contributed by atoms with E-state index in [9.17, 15) is 0 Å². The van der Waals surface area contributed by atoms with Crippen LogP contribution in [-0.2, 0) is 13.5 Å². The fraction of sp³-hybridized carbons (Fsp3) is 0.258. The molecule has 3 nitrogen and oxygen atoms in total. The minimum Gasteiger partial charge on any atom is -0.456 e. The number of aromatic nitrogens is 1. The molecule has 0 saturated carbocycles. The summed E-state index contributed by atoms with van der Waals surface area (Å²) < 4.78 is 15.0. The average molecular weight is 449 g/mol. The largest absolute Gasteiger partial charge is 0.456 e. The molecule has 3 aromatic carbocycles. The van der Waals surface area contributed by atoms with E-state index in [4.69, 9.17) is 8.83 Å². The van der Waals surface area contributed by atoms with E-state index in [0.717, 1.165) is 55.9 Å². The lowest BCUT2D eigenvalue weighted by Gasteiger charge is -2.19. The van der Waals surface area contributed by atoms with Crippen molar-refractivity contribution in [3.05, 3.63) is 77.5 Å². The number of furan rings is 2. The Morgan fingerprint density at radius 1 is 0.735 bits per heavy atom. The Hall–Kier alpha value is -3.59. The van der Waals surface area contributed by atoms with Gasteiger partial charge in [0, 0.05) is 33.2 Å². The van der Waals surface area contributed by atoms with Crippen LogP contribution in [0.4, 0.5) is 0 Å². The number of aryl methyl sites for hydroxylation is 3. The molecule has 0 amide bonds. The maximum atomic E-state index is 6.62. The monoisotopic (exact) mass is 448 g/mol. The second-order valence-electron chi connectivity index (χ2n) is 10.9. The highest BCUT2D eigenvalue weighted by molar-refractivity contribution is 6.16. The molecule has 0 radical (unpaired) electrons. The number of fused-ring (bicyclic) bond motifs is 6. The normalized spacial score (nSPS) is 12.5. The van der Waals surface area contributed by atoms with Gasteiger partial charge < -0.3 is 8.83 Å². The third-order valence-electron chi connectivity index (χ3n) is 6.91. The van der Waals surface area contributed by atoms with Gasteiger partial charge in [0.15, 0.2) is 6.20 Å². The van der Waals surface area contributed by atoms with E-state index in [2.05, 4.69) is 88.8 Å². The van der Waals surface area contributed by atoms with E-state index < -0.39 is 0 Å². The van der Waals surface area contributed by atoms with Crippen molar-refractivity contribution in [2.45, 2.75) is 41.0 Å². The molecule has 6 rings (SSSR count). The molecule has 170 valence electrons. The Kier molecular flexibility index (Phi) is 4.44. The number of pyridine rings is 1. The molecule has 6 aromatic rings. The standard InChI is InChI=1S/C31H30NO2/c1-18-11-12-22-24-15-27-23(21-9-7-8-10-26(21)33-27)14-28(24)34-30(22)29(18)25-13-20(16-31(3,4)5)19(2)17-32(25)6/h7-15,17H,16H2,1-6H3/q+1. The van der Waals surface area contributed by atoms with Crippen LogP contribution in [-0.4, -0.2) is 0 Å². The van der Waals surface area contributed by atoms with Gasteiger partial charge in [-0.05, 0) is 55.0 Å². The summed E-state index contributed by atoms with van der Waals surface area (Å²) in [5.74, 6) is 0.